The lowest BCUT2D eigenvalue weighted by molar-refractivity contribution is -0.117. The number of hydrogen-bond acceptors (Lipinski definition) is 4. The smallest absolute Gasteiger partial charge is 0.244 e. The molecule has 4 aromatic rings. The lowest BCUT2D eigenvalue weighted by Crippen LogP contribution is -2.30. The number of carbonyl (C=O) groups excluding carboxylic acids is 1. The molecule has 7 nitrogen and oxygen atoms in total. The van der Waals surface area contributed by atoms with Crippen molar-refractivity contribution in [1.82, 2.24) is 24.6 Å². The predicted octanol–water partition coefficient (Wildman–Crippen LogP) is 4.52. The Hall–Kier alpha value is -4.13. The van der Waals surface area contributed by atoms with Gasteiger partial charge in [-0.3, -0.25) is 9.48 Å². The molecule has 0 bridgehead atoms. The Bertz CT molecular complexity index is 1350. The van der Waals surface area contributed by atoms with Gasteiger partial charge in [0.2, 0.25) is 5.91 Å². The Morgan fingerprint density at radius 1 is 1.11 bits per heavy atom. The van der Waals surface area contributed by atoms with Gasteiger partial charge in [-0.2, -0.15) is 5.10 Å². The molecule has 0 aliphatic rings. The number of carbonyl (C=O) groups is 1. The Labute approximate surface area is 206 Å². The molecule has 2 aromatic carbocycles. The fourth-order valence-corrected chi connectivity index (χ4v) is 4.16. The summed E-state index contributed by atoms with van der Waals surface area (Å²) in [7, 11) is 3.53. The monoisotopic (exact) mass is 469 g/mol. The molecule has 2 aromatic heterocycles. The average Bonchev–Trinajstić information content (AvgIpc) is 3.39. The van der Waals surface area contributed by atoms with E-state index in [1.807, 2.05) is 66.7 Å². The van der Waals surface area contributed by atoms with Gasteiger partial charge in [0, 0.05) is 42.3 Å². The third-order valence-electron chi connectivity index (χ3n) is 6.14. The molecule has 7 heteroatoms. The number of amides is 1. The minimum absolute atomic E-state index is 0.228. The average molecular weight is 470 g/mol. The second kappa shape index (κ2) is 10.4. The zero-order valence-corrected chi connectivity index (χ0v) is 20.8. The highest BCUT2D eigenvalue weighted by atomic mass is 16.5. The van der Waals surface area contributed by atoms with Crippen LogP contribution in [0.25, 0.3) is 6.08 Å². The van der Waals surface area contributed by atoms with Gasteiger partial charge >= 0.3 is 0 Å². The van der Waals surface area contributed by atoms with Crippen LogP contribution in [0.5, 0.6) is 5.75 Å². The molecule has 0 saturated carbocycles. The highest BCUT2D eigenvalue weighted by Gasteiger charge is 2.23. The third-order valence-corrected chi connectivity index (χ3v) is 6.14. The first kappa shape index (κ1) is 24.0. The van der Waals surface area contributed by atoms with Gasteiger partial charge in [-0.15, -0.1) is 0 Å². The standard InChI is InChI=1S/C28H31N5O2/c1-19-10-12-22(13-11-19)18-33-21(3)23(20(2)31-33)14-15-26(34)30-27(28-29-16-17-32(28)4)24-8-6-7-9-25(24)35-5/h6-17,27H,18H2,1-5H3,(H,30,34)/b15-14+. The molecule has 1 unspecified atom stereocenters. The van der Waals surface area contributed by atoms with E-state index in [1.54, 1.807) is 19.4 Å². The van der Waals surface area contributed by atoms with Gasteiger partial charge in [0.1, 0.15) is 17.6 Å². The van der Waals surface area contributed by atoms with Crippen molar-refractivity contribution in [3.8, 4) is 5.75 Å². The number of rotatable bonds is 8. The summed E-state index contributed by atoms with van der Waals surface area (Å²) in [6.07, 6.45) is 6.96. The van der Waals surface area contributed by atoms with Gasteiger partial charge in [-0.25, -0.2) is 4.98 Å². The summed E-state index contributed by atoms with van der Waals surface area (Å²) in [5.74, 6) is 1.18. The molecule has 0 aliphatic carbocycles. The van der Waals surface area contributed by atoms with Crippen LogP contribution in [0.2, 0.25) is 0 Å². The molecule has 1 N–H and O–H groups in total. The van der Waals surface area contributed by atoms with E-state index in [0.717, 1.165) is 28.3 Å². The minimum Gasteiger partial charge on any atom is -0.496 e. The van der Waals surface area contributed by atoms with Crippen LogP contribution in [0.15, 0.2) is 67.0 Å². The SMILES string of the molecule is COc1ccccc1C(NC(=O)/C=C/c1c(C)nn(Cc2ccc(C)cc2)c1C)c1nccn1C. The molecule has 4 rings (SSSR count). The zero-order chi connectivity index (χ0) is 24.9. The van der Waals surface area contributed by atoms with Crippen molar-refractivity contribution < 1.29 is 9.53 Å². The molecule has 35 heavy (non-hydrogen) atoms. The maximum absolute atomic E-state index is 13.1. The lowest BCUT2D eigenvalue weighted by atomic mass is 10.0. The summed E-state index contributed by atoms with van der Waals surface area (Å²) in [6, 6.07) is 15.6. The summed E-state index contributed by atoms with van der Waals surface area (Å²) >= 11 is 0. The first-order valence-corrected chi connectivity index (χ1v) is 11.6. The minimum atomic E-state index is -0.463. The van der Waals surface area contributed by atoms with E-state index in [9.17, 15) is 4.79 Å². The molecule has 0 spiro atoms. The van der Waals surface area contributed by atoms with Crippen LogP contribution in [0, 0.1) is 20.8 Å². The Morgan fingerprint density at radius 2 is 1.86 bits per heavy atom. The Kier molecular flexibility index (Phi) is 7.15. The molecule has 2 heterocycles. The number of benzene rings is 2. The molecular formula is C28H31N5O2. The number of nitrogens with zero attached hydrogens (tertiary/aromatic N) is 4. The topological polar surface area (TPSA) is 74.0 Å². The quantitative estimate of drug-likeness (QED) is 0.385. The highest BCUT2D eigenvalue weighted by molar-refractivity contribution is 5.92. The lowest BCUT2D eigenvalue weighted by Gasteiger charge is -2.20. The van der Waals surface area contributed by atoms with Gasteiger partial charge in [0.15, 0.2) is 0 Å². The van der Waals surface area contributed by atoms with Crippen molar-refractivity contribution in [1.29, 1.82) is 0 Å². The second-order valence-electron chi connectivity index (χ2n) is 8.64. The normalized spacial score (nSPS) is 12.1. The second-order valence-corrected chi connectivity index (χ2v) is 8.64. The van der Waals surface area contributed by atoms with Crippen LogP contribution < -0.4 is 10.1 Å². The molecule has 0 aliphatic heterocycles. The summed E-state index contributed by atoms with van der Waals surface area (Å²) in [6.45, 7) is 6.74. The van der Waals surface area contributed by atoms with Crippen LogP contribution in [-0.4, -0.2) is 32.3 Å². The van der Waals surface area contributed by atoms with Gasteiger partial charge < -0.3 is 14.6 Å². The zero-order valence-electron chi connectivity index (χ0n) is 20.8. The van der Waals surface area contributed by atoms with Crippen molar-refractivity contribution >= 4 is 12.0 Å². The number of imidazole rings is 1. The Morgan fingerprint density at radius 3 is 2.54 bits per heavy atom. The van der Waals surface area contributed by atoms with Crippen LogP contribution in [-0.2, 0) is 18.4 Å². The molecule has 1 amide bonds. The first-order valence-electron chi connectivity index (χ1n) is 11.6. The molecule has 1 atom stereocenters. The molecule has 0 radical (unpaired) electrons. The van der Waals surface area contributed by atoms with Crippen molar-refractivity contribution in [2.75, 3.05) is 7.11 Å². The van der Waals surface area contributed by atoms with Gasteiger partial charge in [0.25, 0.3) is 0 Å². The van der Waals surface area contributed by atoms with Crippen LogP contribution in [0.4, 0.5) is 0 Å². The van der Waals surface area contributed by atoms with Crippen molar-refractivity contribution in [2.24, 2.45) is 7.05 Å². The summed E-state index contributed by atoms with van der Waals surface area (Å²) in [5.41, 5.74) is 6.09. The van der Waals surface area contributed by atoms with Gasteiger partial charge in [-0.05, 0) is 38.5 Å². The molecule has 0 saturated heterocycles. The number of aryl methyl sites for hydroxylation is 3. The van der Waals surface area contributed by atoms with Crippen LogP contribution in [0.3, 0.4) is 0 Å². The van der Waals surface area contributed by atoms with Crippen molar-refractivity contribution in [3.63, 3.8) is 0 Å². The summed E-state index contributed by atoms with van der Waals surface area (Å²) < 4.78 is 9.42. The number of methoxy groups -OCH3 is 1. The summed E-state index contributed by atoms with van der Waals surface area (Å²) in [5, 5.41) is 7.79. The number of nitrogens with one attached hydrogen (secondary N) is 1. The summed E-state index contributed by atoms with van der Waals surface area (Å²) in [4.78, 5) is 17.5. The van der Waals surface area contributed by atoms with Gasteiger partial charge in [-0.1, -0.05) is 48.0 Å². The van der Waals surface area contributed by atoms with E-state index in [-0.39, 0.29) is 5.91 Å². The molecular weight excluding hydrogens is 438 g/mol. The maximum atomic E-state index is 13.1. The number of ether oxygens (including phenoxy) is 1. The van der Waals surface area contributed by atoms with E-state index >= 15 is 0 Å². The molecule has 180 valence electrons. The van der Waals surface area contributed by atoms with E-state index in [2.05, 4.69) is 41.5 Å². The van der Waals surface area contributed by atoms with E-state index in [0.29, 0.717) is 12.3 Å². The number of para-hydroxylation sites is 1. The van der Waals surface area contributed by atoms with E-state index in [1.165, 1.54) is 11.1 Å². The van der Waals surface area contributed by atoms with E-state index < -0.39 is 6.04 Å². The van der Waals surface area contributed by atoms with Crippen LogP contribution >= 0.6 is 0 Å². The van der Waals surface area contributed by atoms with Crippen molar-refractivity contribution in [2.45, 2.75) is 33.4 Å². The number of aromatic nitrogens is 4. The largest absolute Gasteiger partial charge is 0.496 e. The predicted molar refractivity (Wildman–Crippen MR) is 137 cm³/mol. The fraction of sp³-hybridized carbons (Fsp3) is 0.250. The Balaban J connectivity index is 1.56. The van der Waals surface area contributed by atoms with Crippen LogP contribution in [0.1, 0.15) is 45.5 Å². The fourth-order valence-electron chi connectivity index (χ4n) is 4.16. The number of hydrogen-bond donors (Lipinski definition) is 1. The molecule has 0 fully saturated rings. The van der Waals surface area contributed by atoms with E-state index in [4.69, 9.17) is 9.84 Å². The highest BCUT2D eigenvalue weighted by Crippen LogP contribution is 2.29. The first-order chi connectivity index (χ1) is 16.9. The third kappa shape index (κ3) is 5.35. The van der Waals surface area contributed by atoms with Crippen molar-refractivity contribution in [3.05, 3.63) is 106 Å². The van der Waals surface area contributed by atoms with Gasteiger partial charge in [0.05, 0.1) is 19.3 Å². The maximum Gasteiger partial charge on any atom is 0.244 e.